The largest absolute Gasteiger partial charge is 0.481 e. The summed E-state index contributed by atoms with van der Waals surface area (Å²) in [7, 11) is 0. The molecule has 3 fully saturated rings. The van der Waals surface area contributed by atoms with Gasteiger partial charge in [0, 0.05) is 44.9 Å². The van der Waals surface area contributed by atoms with Gasteiger partial charge < -0.3 is 41.3 Å². The number of aromatic nitrogens is 2. The fourth-order valence-corrected chi connectivity index (χ4v) is 8.30. The number of nitrogens with zero attached hydrogens (tertiary/aromatic N) is 4. The van der Waals surface area contributed by atoms with Crippen molar-refractivity contribution in [2.24, 2.45) is 11.8 Å². The summed E-state index contributed by atoms with van der Waals surface area (Å²) in [6.45, 7) is 5.79. The standard InChI is InChI=1S/C40H62N8O10/c1-4-17-42-38(56)35(26(3)49)45-37(55)31-14-10-20-48(31)40(58)29(23-34(52)53)44-36(54)30-13-8-9-19-47(30)39(57)28(15-16-33(51)46-21-18-41-24-46)43-32(50)22-25(2)27-11-6-5-7-12-27/h18,21,24-31,35,49H,4-17,19-20,22-23H2,1-3H3,(H,42,56)(H,43,50)(H,44,54)(H,45,55)(H,52,53)/t25-,26?,28-,29-,30-,31-,35-/m0/s1. The van der Waals surface area contributed by atoms with Crippen molar-refractivity contribution in [2.75, 3.05) is 19.6 Å². The Labute approximate surface area is 339 Å². The molecule has 3 aliphatic rings. The number of rotatable bonds is 19. The van der Waals surface area contributed by atoms with Gasteiger partial charge in [0.2, 0.25) is 41.4 Å². The van der Waals surface area contributed by atoms with E-state index in [0.29, 0.717) is 38.1 Å². The first-order chi connectivity index (χ1) is 27.7. The topological polar surface area (TPSA) is 249 Å². The molecule has 2 saturated heterocycles. The molecule has 18 nitrogen and oxygen atoms in total. The van der Waals surface area contributed by atoms with Crippen LogP contribution in [0.15, 0.2) is 18.7 Å². The predicted octanol–water partition coefficient (Wildman–Crippen LogP) is 1.12. The lowest BCUT2D eigenvalue weighted by Gasteiger charge is -2.38. The molecule has 322 valence electrons. The molecule has 18 heteroatoms. The first-order valence-corrected chi connectivity index (χ1v) is 20.9. The van der Waals surface area contributed by atoms with Crippen molar-refractivity contribution in [3.05, 3.63) is 18.7 Å². The highest BCUT2D eigenvalue weighted by Gasteiger charge is 2.42. The molecule has 4 rings (SSSR count). The average molecular weight is 815 g/mol. The Kier molecular flexibility index (Phi) is 17.6. The van der Waals surface area contributed by atoms with Crippen molar-refractivity contribution < 1.29 is 48.6 Å². The maximum Gasteiger partial charge on any atom is 0.305 e. The zero-order valence-electron chi connectivity index (χ0n) is 34.0. The molecule has 0 bridgehead atoms. The molecular weight excluding hydrogens is 752 g/mol. The lowest BCUT2D eigenvalue weighted by Crippen LogP contribution is -2.61. The maximum atomic E-state index is 14.3. The highest BCUT2D eigenvalue weighted by molar-refractivity contribution is 5.98. The number of hydrogen-bond acceptors (Lipinski definition) is 10. The van der Waals surface area contributed by atoms with Gasteiger partial charge in [0.1, 0.15) is 36.5 Å². The molecule has 1 unspecified atom stereocenters. The number of carboxylic acid groups (broad SMARTS) is 1. The van der Waals surface area contributed by atoms with Crippen LogP contribution in [0, 0.1) is 11.8 Å². The predicted molar refractivity (Wildman–Crippen MR) is 210 cm³/mol. The number of piperidine rings is 1. The molecule has 2 aliphatic heterocycles. The Hall–Kier alpha value is -4.87. The van der Waals surface area contributed by atoms with Crippen LogP contribution in [0.4, 0.5) is 0 Å². The summed E-state index contributed by atoms with van der Waals surface area (Å²) in [5, 5.41) is 30.6. The number of carbonyl (C=O) groups excluding carboxylic acids is 7. The van der Waals surface area contributed by atoms with Crippen LogP contribution in [0.5, 0.6) is 0 Å². The van der Waals surface area contributed by atoms with Crippen LogP contribution >= 0.6 is 0 Å². The number of likely N-dealkylation sites (tertiary alicyclic amines) is 2. The van der Waals surface area contributed by atoms with E-state index in [1.165, 1.54) is 46.4 Å². The smallest absolute Gasteiger partial charge is 0.305 e. The number of aliphatic carboxylic acids is 1. The Bertz CT molecular complexity index is 1600. The molecule has 6 N–H and O–H groups in total. The summed E-state index contributed by atoms with van der Waals surface area (Å²) >= 11 is 0. The number of amides is 6. The summed E-state index contributed by atoms with van der Waals surface area (Å²) < 4.78 is 1.29. The first kappa shape index (κ1) is 45.8. The molecule has 3 heterocycles. The fourth-order valence-electron chi connectivity index (χ4n) is 8.30. The minimum atomic E-state index is -1.60. The van der Waals surface area contributed by atoms with Crippen LogP contribution in [-0.2, 0) is 33.6 Å². The Morgan fingerprint density at radius 1 is 0.776 bits per heavy atom. The number of hydrogen-bond donors (Lipinski definition) is 6. The van der Waals surface area contributed by atoms with Gasteiger partial charge in [0.15, 0.2) is 0 Å². The fraction of sp³-hybridized carbons (Fsp3) is 0.725. The van der Waals surface area contributed by atoms with E-state index in [9.17, 15) is 48.6 Å². The molecule has 1 aliphatic carbocycles. The van der Waals surface area contributed by atoms with Gasteiger partial charge in [-0.25, -0.2) is 4.98 Å². The third kappa shape index (κ3) is 12.8. The van der Waals surface area contributed by atoms with Crippen LogP contribution < -0.4 is 21.3 Å². The van der Waals surface area contributed by atoms with Crippen LogP contribution in [0.2, 0.25) is 0 Å². The molecule has 0 spiro atoms. The minimum absolute atomic E-state index is 0.0427. The normalized spacial score (nSPS) is 21.2. The number of carboxylic acids is 1. The van der Waals surface area contributed by atoms with Gasteiger partial charge in [-0.3, -0.25) is 42.9 Å². The van der Waals surface area contributed by atoms with E-state index in [-0.39, 0.29) is 62.9 Å². The third-order valence-corrected chi connectivity index (χ3v) is 11.6. The Balaban J connectivity index is 1.49. The van der Waals surface area contributed by atoms with E-state index in [2.05, 4.69) is 26.3 Å². The first-order valence-electron chi connectivity index (χ1n) is 20.9. The van der Waals surface area contributed by atoms with E-state index >= 15 is 0 Å². The quantitative estimate of drug-likeness (QED) is 0.116. The van der Waals surface area contributed by atoms with Gasteiger partial charge in [0.05, 0.1) is 12.5 Å². The van der Waals surface area contributed by atoms with Crippen molar-refractivity contribution in [1.82, 2.24) is 40.6 Å². The number of carbonyl (C=O) groups is 8. The van der Waals surface area contributed by atoms with Gasteiger partial charge >= 0.3 is 5.97 Å². The van der Waals surface area contributed by atoms with Crippen molar-refractivity contribution in [2.45, 2.75) is 153 Å². The summed E-state index contributed by atoms with van der Waals surface area (Å²) in [4.78, 5) is 113. The van der Waals surface area contributed by atoms with E-state index in [1.54, 1.807) is 0 Å². The number of aliphatic hydroxyl groups excluding tert-OH is 1. The molecule has 1 aromatic heterocycles. The van der Waals surface area contributed by atoms with Crippen LogP contribution in [0.25, 0.3) is 0 Å². The van der Waals surface area contributed by atoms with Crippen LogP contribution in [0.1, 0.15) is 122 Å². The Morgan fingerprint density at radius 3 is 2.02 bits per heavy atom. The van der Waals surface area contributed by atoms with E-state index in [0.717, 1.165) is 25.7 Å². The summed E-state index contributed by atoms with van der Waals surface area (Å²) in [6.07, 6.45) is 10.3. The van der Waals surface area contributed by atoms with Gasteiger partial charge in [0.25, 0.3) is 0 Å². The zero-order valence-corrected chi connectivity index (χ0v) is 34.0. The number of nitrogens with one attached hydrogen (secondary N) is 4. The van der Waals surface area contributed by atoms with Gasteiger partial charge in [-0.15, -0.1) is 0 Å². The zero-order chi connectivity index (χ0) is 42.4. The lowest BCUT2D eigenvalue weighted by molar-refractivity contribution is -0.149. The summed E-state index contributed by atoms with van der Waals surface area (Å²) in [5.41, 5.74) is 0. The SMILES string of the molecule is CCCNC(=O)[C@@H](NC(=O)[C@@H]1CCCN1C(=O)[C@H](CC(=O)O)NC(=O)[C@@H]1CCCCN1C(=O)[C@H](CCC(=O)n1ccnc1)NC(=O)C[C@H](C)C1CCCCC1)C(C)O. The highest BCUT2D eigenvalue weighted by Crippen LogP contribution is 2.31. The van der Waals surface area contributed by atoms with Crippen LogP contribution in [0.3, 0.4) is 0 Å². The van der Waals surface area contributed by atoms with Crippen LogP contribution in [-0.4, -0.2) is 133 Å². The molecule has 0 aromatic carbocycles. The van der Waals surface area contributed by atoms with Crippen molar-refractivity contribution in [3.8, 4) is 0 Å². The second-order valence-electron chi connectivity index (χ2n) is 16.0. The summed E-state index contributed by atoms with van der Waals surface area (Å²) in [6, 6.07) is -6.23. The number of aliphatic hydroxyl groups is 1. The van der Waals surface area contributed by atoms with E-state index in [4.69, 9.17) is 0 Å². The molecule has 0 radical (unpaired) electrons. The van der Waals surface area contributed by atoms with E-state index in [1.807, 2.05) is 13.8 Å². The molecule has 6 amide bonds. The van der Waals surface area contributed by atoms with Gasteiger partial charge in [-0.1, -0.05) is 46.0 Å². The van der Waals surface area contributed by atoms with Crippen molar-refractivity contribution in [1.29, 1.82) is 0 Å². The molecule has 1 saturated carbocycles. The molecule has 1 aromatic rings. The minimum Gasteiger partial charge on any atom is -0.481 e. The second-order valence-corrected chi connectivity index (χ2v) is 16.0. The monoisotopic (exact) mass is 814 g/mol. The van der Waals surface area contributed by atoms with Gasteiger partial charge in [-0.2, -0.15) is 0 Å². The second kappa shape index (κ2) is 22.3. The molecule has 58 heavy (non-hydrogen) atoms. The van der Waals surface area contributed by atoms with E-state index < -0.39 is 78.2 Å². The molecular formula is C40H62N8O10. The van der Waals surface area contributed by atoms with Crippen molar-refractivity contribution in [3.63, 3.8) is 0 Å². The summed E-state index contributed by atoms with van der Waals surface area (Å²) in [5.74, 6) is -5.01. The maximum absolute atomic E-state index is 14.3. The third-order valence-electron chi connectivity index (χ3n) is 11.6. The average Bonchev–Trinajstić information content (AvgIpc) is 3.93. The van der Waals surface area contributed by atoms with Crippen molar-refractivity contribution >= 4 is 47.3 Å². The number of imidazole rings is 1. The molecule has 7 atom stereocenters. The lowest BCUT2D eigenvalue weighted by atomic mass is 9.79. The highest BCUT2D eigenvalue weighted by atomic mass is 16.4. The Morgan fingerprint density at radius 2 is 1.40 bits per heavy atom. The van der Waals surface area contributed by atoms with Gasteiger partial charge in [-0.05, 0) is 63.7 Å².